The van der Waals surface area contributed by atoms with E-state index in [0.717, 1.165) is 16.7 Å². The number of aliphatic hydroxyl groups excluding tert-OH is 1. The van der Waals surface area contributed by atoms with Gasteiger partial charge in [-0.25, -0.2) is 0 Å². The first-order valence-electron chi connectivity index (χ1n) is 4.05. The number of phenolic OH excluding ortho intramolecular Hbond substituents is 1. The van der Waals surface area contributed by atoms with E-state index in [4.69, 9.17) is 5.11 Å². The first-order valence-corrected chi connectivity index (χ1v) is 4.05. The highest BCUT2D eigenvalue weighted by Gasteiger charge is 2.03. The standard InChI is InChI=1S/C10H14O2/c1-7-5-9(12)6-8(2)10(7)3-4-11/h5-6,11-12H,3-4H2,1-2H3. The predicted octanol–water partition coefficient (Wildman–Crippen LogP) is 1.54. The number of aryl methyl sites for hydroxylation is 2. The van der Waals surface area contributed by atoms with E-state index in [-0.39, 0.29) is 6.61 Å². The van der Waals surface area contributed by atoms with Crippen LogP contribution in [0.4, 0.5) is 0 Å². The number of benzene rings is 1. The van der Waals surface area contributed by atoms with Gasteiger partial charge >= 0.3 is 0 Å². The fraction of sp³-hybridized carbons (Fsp3) is 0.400. The molecule has 0 heterocycles. The molecule has 1 aromatic rings. The van der Waals surface area contributed by atoms with Crippen LogP contribution in [0.5, 0.6) is 5.75 Å². The molecule has 2 heteroatoms. The fourth-order valence-electron chi connectivity index (χ4n) is 1.48. The van der Waals surface area contributed by atoms with Crippen LogP contribution in [-0.4, -0.2) is 16.8 Å². The van der Waals surface area contributed by atoms with Crippen LogP contribution < -0.4 is 0 Å². The zero-order valence-electron chi connectivity index (χ0n) is 7.46. The lowest BCUT2D eigenvalue weighted by molar-refractivity contribution is 0.299. The van der Waals surface area contributed by atoms with Crippen LogP contribution in [0.15, 0.2) is 12.1 Å². The molecule has 2 nitrogen and oxygen atoms in total. The van der Waals surface area contributed by atoms with Crippen molar-refractivity contribution < 1.29 is 10.2 Å². The zero-order valence-corrected chi connectivity index (χ0v) is 7.46. The number of phenols is 1. The number of hydrogen-bond donors (Lipinski definition) is 2. The molecule has 0 fully saturated rings. The molecule has 0 saturated carbocycles. The van der Waals surface area contributed by atoms with Crippen molar-refractivity contribution in [2.75, 3.05) is 6.61 Å². The third-order valence-electron chi connectivity index (χ3n) is 2.04. The first-order chi connectivity index (χ1) is 5.65. The first kappa shape index (κ1) is 9.07. The smallest absolute Gasteiger partial charge is 0.116 e. The molecule has 0 radical (unpaired) electrons. The minimum Gasteiger partial charge on any atom is -0.508 e. The van der Waals surface area contributed by atoms with Crippen molar-refractivity contribution >= 4 is 0 Å². The van der Waals surface area contributed by atoms with Crippen LogP contribution in [0.3, 0.4) is 0 Å². The molecular formula is C10H14O2. The highest BCUT2D eigenvalue weighted by Crippen LogP contribution is 2.20. The molecule has 0 bridgehead atoms. The maximum atomic E-state index is 9.22. The van der Waals surface area contributed by atoms with Gasteiger partial charge in [0.05, 0.1) is 0 Å². The van der Waals surface area contributed by atoms with Gasteiger partial charge in [-0.2, -0.15) is 0 Å². The van der Waals surface area contributed by atoms with Gasteiger partial charge in [0.2, 0.25) is 0 Å². The van der Waals surface area contributed by atoms with Crippen LogP contribution in [0.25, 0.3) is 0 Å². The second-order valence-electron chi connectivity index (χ2n) is 3.03. The van der Waals surface area contributed by atoms with Gasteiger partial charge in [0.1, 0.15) is 5.75 Å². The summed E-state index contributed by atoms with van der Waals surface area (Å²) in [6.45, 7) is 4.04. The molecule has 0 spiro atoms. The van der Waals surface area contributed by atoms with Crippen molar-refractivity contribution in [1.29, 1.82) is 0 Å². The van der Waals surface area contributed by atoms with E-state index >= 15 is 0 Å². The molecule has 0 aromatic heterocycles. The van der Waals surface area contributed by atoms with Gasteiger partial charge in [-0.1, -0.05) is 0 Å². The van der Waals surface area contributed by atoms with E-state index in [0.29, 0.717) is 12.2 Å². The van der Waals surface area contributed by atoms with Crippen molar-refractivity contribution in [3.63, 3.8) is 0 Å². The Labute approximate surface area is 72.5 Å². The Hall–Kier alpha value is -1.02. The summed E-state index contributed by atoms with van der Waals surface area (Å²) >= 11 is 0. The summed E-state index contributed by atoms with van der Waals surface area (Å²) in [6.07, 6.45) is 0.665. The summed E-state index contributed by atoms with van der Waals surface area (Å²) in [6, 6.07) is 3.44. The molecule has 1 aromatic carbocycles. The number of rotatable bonds is 2. The molecule has 2 N–H and O–H groups in total. The monoisotopic (exact) mass is 166 g/mol. The predicted molar refractivity (Wildman–Crippen MR) is 48.4 cm³/mol. The lowest BCUT2D eigenvalue weighted by Crippen LogP contribution is -1.97. The molecule has 12 heavy (non-hydrogen) atoms. The van der Waals surface area contributed by atoms with Crippen molar-refractivity contribution in [2.24, 2.45) is 0 Å². The maximum Gasteiger partial charge on any atom is 0.116 e. The summed E-state index contributed by atoms with van der Waals surface area (Å²) in [5.41, 5.74) is 3.22. The SMILES string of the molecule is Cc1cc(O)cc(C)c1CCO. The van der Waals surface area contributed by atoms with Gasteiger partial charge in [-0.15, -0.1) is 0 Å². The van der Waals surface area contributed by atoms with E-state index in [1.807, 2.05) is 13.8 Å². The van der Waals surface area contributed by atoms with Crippen molar-refractivity contribution in [3.05, 3.63) is 28.8 Å². The minimum absolute atomic E-state index is 0.159. The van der Waals surface area contributed by atoms with Gasteiger partial charge in [0.15, 0.2) is 0 Å². The molecule has 0 aliphatic heterocycles. The molecule has 0 amide bonds. The van der Waals surface area contributed by atoms with Gasteiger partial charge in [0, 0.05) is 6.61 Å². The average molecular weight is 166 g/mol. The number of hydrogen-bond acceptors (Lipinski definition) is 2. The Morgan fingerprint density at radius 2 is 1.67 bits per heavy atom. The molecule has 1 rings (SSSR count). The average Bonchev–Trinajstić information content (AvgIpc) is 1.96. The normalized spacial score (nSPS) is 10.2. The van der Waals surface area contributed by atoms with Crippen LogP contribution in [0.2, 0.25) is 0 Å². The second-order valence-corrected chi connectivity index (χ2v) is 3.03. The Morgan fingerprint density at radius 3 is 2.08 bits per heavy atom. The topological polar surface area (TPSA) is 40.5 Å². The molecule has 0 saturated heterocycles. The van der Waals surface area contributed by atoms with Crippen LogP contribution in [-0.2, 0) is 6.42 Å². The van der Waals surface area contributed by atoms with Crippen LogP contribution in [0, 0.1) is 13.8 Å². The summed E-state index contributed by atoms with van der Waals surface area (Å²) in [4.78, 5) is 0. The van der Waals surface area contributed by atoms with Gasteiger partial charge < -0.3 is 10.2 Å². The van der Waals surface area contributed by atoms with Crippen molar-refractivity contribution in [2.45, 2.75) is 20.3 Å². The number of aliphatic hydroxyl groups is 1. The summed E-state index contributed by atoms with van der Waals surface area (Å²) in [5, 5.41) is 18.0. The van der Waals surface area contributed by atoms with Gasteiger partial charge in [-0.3, -0.25) is 0 Å². The third-order valence-corrected chi connectivity index (χ3v) is 2.04. The Bertz CT molecular complexity index is 256. The Morgan fingerprint density at radius 1 is 1.17 bits per heavy atom. The molecule has 0 aliphatic rings. The summed E-state index contributed by atoms with van der Waals surface area (Å²) < 4.78 is 0. The third kappa shape index (κ3) is 1.77. The highest BCUT2D eigenvalue weighted by atomic mass is 16.3. The second kappa shape index (κ2) is 3.59. The fourth-order valence-corrected chi connectivity index (χ4v) is 1.48. The van der Waals surface area contributed by atoms with Gasteiger partial charge in [0.25, 0.3) is 0 Å². The number of aromatic hydroxyl groups is 1. The Kier molecular flexibility index (Phi) is 2.71. The lowest BCUT2D eigenvalue weighted by Gasteiger charge is -2.08. The Balaban J connectivity index is 3.10. The lowest BCUT2D eigenvalue weighted by atomic mass is 10.00. The summed E-state index contributed by atoms with van der Waals surface area (Å²) in [7, 11) is 0. The van der Waals surface area contributed by atoms with E-state index in [2.05, 4.69) is 0 Å². The highest BCUT2D eigenvalue weighted by molar-refractivity contribution is 5.40. The molecular weight excluding hydrogens is 152 g/mol. The summed E-state index contributed by atoms with van der Waals surface area (Å²) in [5.74, 6) is 0.298. The van der Waals surface area contributed by atoms with Crippen molar-refractivity contribution in [3.8, 4) is 5.75 Å². The molecule has 66 valence electrons. The minimum atomic E-state index is 0.159. The van der Waals surface area contributed by atoms with Gasteiger partial charge in [-0.05, 0) is 49.1 Å². The molecule has 0 unspecified atom stereocenters. The molecule has 0 atom stereocenters. The molecule has 0 aliphatic carbocycles. The largest absolute Gasteiger partial charge is 0.508 e. The van der Waals surface area contributed by atoms with E-state index in [1.165, 1.54) is 0 Å². The quantitative estimate of drug-likeness (QED) is 0.699. The zero-order chi connectivity index (χ0) is 9.14. The van der Waals surface area contributed by atoms with Crippen LogP contribution in [0.1, 0.15) is 16.7 Å². The van der Waals surface area contributed by atoms with Crippen molar-refractivity contribution in [1.82, 2.24) is 0 Å². The maximum absolute atomic E-state index is 9.22. The van der Waals surface area contributed by atoms with E-state index in [9.17, 15) is 5.11 Å². The van der Waals surface area contributed by atoms with E-state index < -0.39 is 0 Å². The van der Waals surface area contributed by atoms with Crippen LogP contribution >= 0.6 is 0 Å². The van der Waals surface area contributed by atoms with E-state index in [1.54, 1.807) is 12.1 Å².